The van der Waals surface area contributed by atoms with Crippen LogP contribution in [0.2, 0.25) is 0 Å². The third-order valence-corrected chi connectivity index (χ3v) is 4.13. The molecule has 6 heteroatoms. The van der Waals surface area contributed by atoms with E-state index >= 15 is 0 Å². The molecule has 1 aromatic heterocycles. The summed E-state index contributed by atoms with van der Waals surface area (Å²) in [5.74, 6) is -0.270. The number of carbonyl (C=O) groups excluding carboxylic acids is 1. The van der Waals surface area contributed by atoms with Gasteiger partial charge in [-0.05, 0) is 37.7 Å². The van der Waals surface area contributed by atoms with Gasteiger partial charge in [-0.25, -0.2) is 4.39 Å². The van der Waals surface area contributed by atoms with Crippen molar-refractivity contribution >= 4 is 17.2 Å². The molecule has 118 valence electrons. The Balaban J connectivity index is 1.81. The van der Waals surface area contributed by atoms with Crippen LogP contribution in [0.3, 0.4) is 0 Å². The molecule has 22 heavy (non-hydrogen) atoms. The number of hydrogen-bond acceptors (Lipinski definition) is 4. The van der Waals surface area contributed by atoms with Gasteiger partial charge < -0.3 is 15.0 Å². The van der Waals surface area contributed by atoms with Crippen molar-refractivity contribution in [1.82, 2.24) is 10.2 Å². The van der Waals surface area contributed by atoms with Gasteiger partial charge in [-0.3, -0.25) is 4.79 Å². The SMILES string of the molecule is CN(C)C(CNC(=O)COc1cccc(F)c1)c1cccs1. The molecule has 0 spiro atoms. The molecule has 0 aliphatic heterocycles. The van der Waals surface area contributed by atoms with Crippen molar-refractivity contribution in [3.8, 4) is 5.75 Å². The molecular formula is C16H19FN2O2S. The minimum Gasteiger partial charge on any atom is -0.484 e. The lowest BCUT2D eigenvalue weighted by molar-refractivity contribution is -0.123. The number of hydrogen-bond donors (Lipinski definition) is 1. The van der Waals surface area contributed by atoms with Crippen LogP contribution in [0.15, 0.2) is 41.8 Å². The van der Waals surface area contributed by atoms with Gasteiger partial charge in [0, 0.05) is 17.5 Å². The van der Waals surface area contributed by atoms with Crippen LogP contribution in [0.5, 0.6) is 5.75 Å². The van der Waals surface area contributed by atoms with Crippen molar-refractivity contribution in [2.75, 3.05) is 27.2 Å². The summed E-state index contributed by atoms with van der Waals surface area (Å²) < 4.78 is 18.3. The number of amides is 1. The van der Waals surface area contributed by atoms with Gasteiger partial charge in [0.05, 0.1) is 6.04 Å². The molecule has 1 aromatic carbocycles. The van der Waals surface area contributed by atoms with Crippen LogP contribution in [0.25, 0.3) is 0 Å². The zero-order valence-electron chi connectivity index (χ0n) is 12.6. The molecular weight excluding hydrogens is 303 g/mol. The van der Waals surface area contributed by atoms with Crippen LogP contribution < -0.4 is 10.1 Å². The second-order valence-corrected chi connectivity index (χ2v) is 6.02. The summed E-state index contributed by atoms with van der Waals surface area (Å²) in [6, 6.07) is 9.90. The Bertz CT molecular complexity index is 602. The highest BCUT2D eigenvalue weighted by atomic mass is 32.1. The maximum atomic E-state index is 13.0. The van der Waals surface area contributed by atoms with Crippen molar-refractivity contribution < 1.29 is 13.9 Å². The van der Waals surface area contributed by atoms with Crippen molar-refractivity contribution in [3.05, 3.63) is 52.5 Å². The van der Waals surface area contributed by atoms with Gasteiger partial charge in [-0.2, -0.15) is 0 Å². The molecule has 2 aromatic rings. The van der Waals surface area contributed by atoms with E-state index in [1.54, 1.807) is 23.5 Å². The molecule has 1 amide bonds. The highest BCUT2D eigenvalue weighted by Crippen LogP contribution is 2.22. The quantitative estimate of drug-likeness (QED) is 0.852. The first-order valence-corrected chi connectivity index (χ1v) is 7.79. The molecule has 0 saturated carbocycles. The number of nitrogens with one attached hydrogen (secondary N) is 1. The van der Waals surface area contributed by atoms with Crippen molar-refractivity contribution in [2.24, 2.45) is 0 Å². The van der Waals surface area contributed by atoms with Gasteiger partial charge in [-0.1, -0.05) is 12.1 Å². The van der Waals surface area contributed by atoms with E-state index in [9.17, 15) is 9.18 Å². The molecule has 4 nitrogen and oxygen atoms in total. The van der Waals surface area contributed by atoms with Crippen LogP contribution in [0.1, 0.15) is 10.9 Å². The van der Waals surface area contributed by atoms with E-state index in [0.29, 0.717) is 12.3 Å². The predicted molar refractivity (Wildman–Crippen MR) is 85.7 cm³/mol. The summed E-state index contributed by atoms with van der Waals surface area (Å²) in [7, 11) is 3.94. The van der Waals surface area contributed by atoms with Gasteiger partial charge in [0.15, 0.2) is 6.61 Å². The zero-order valence-corrected chi connectivity index (χ0v) is 13.4. The highest BCUT2D eigenvalue weighted by molar-refractivity contribution is 7.10. The largest absolute Gasteiger partial charge is 0.484 e. The lowest BCUT2D eigenvalue weighted by Gasteiger charge is -2.23. The second kappa shape index (κ2) is 7.91. The maximum absolute atomic E-state index is 13.0. The van der Waals surface area contributed by atoms with Gasteiger partial charge >= 0.3 is 0 Å². The summed E-state index contributed by atoms with van der Waals surface area (Å²) in [4.78, 5) is 15.1. The van der Waals surface area contributed by atoms with E-state index in [2.05, 4.69) is 10.2 Å². The molecule has 0 aliphatic rings. The third kappa shape index (κ3) is 4.82. The van der Waals surface area contributed by atoms with Crippen LogP contribution in [0.4, 0.5) is 4.39 Å². The highest BCUT2D eigenvalue weighted by Gasteiger charge is 2.16. The average Bonchev–Trinajstić information content (AvgIpc) is 2.99. The van der Waals surface area contributed by atoms with Crippen LogP contribution in [-0.4, -0.2) is 38.1 Å². The lowest BCUT2D eigenvalue weighted by atomic mass is 10.2. The zero-order chi connectivity index (χ0) is 15.9. The Labute approximate surface area is 133 Å². The van der Waals surface area contributed by atoms with Gasteiger partial charge in [0.25, 0.3) is 5.91 Å². The van der Waals surface area contributed by atoms with Crippen molar-refractivity contribution in [2.45, 2.75) is 6.04 Å². The number of halogens is 1. The summed E-state index contributed by atoms with van der Waals surface area (Å²) in [6.07, 6.45) is 0. The molecule has 0 bridgehead atoms. The summed E-state index contributed by atoms with van der Waals surface area (Å²) >= 11 is 1.66. The summed E-state index contributed by atoms with van der Waals surface area (Å²) in [6.45, 7) is 0.368. The number of benzene rings is 1. The van der Waals surface area contributed by atoms with Gasteiger partial charge in [-0.15, -0.1) is 11.3 Å². The molecule has 1 atom stereocenters. The first-order chi connectivity index (χ1) is 10.6. The second-order valence-electron chi connectivity index (χ2n) is 5.04. The van der Waals surface area contributed by atoms with E-state index < -0.39 is 0 Å². The molecule has 0 saturated heterocycles. The number of carbonyl (C=O) groups is 1. The Morgan fingerprint density at radius 3 is 2.82 bits per heavy atom. The van der Waals surface area contributed by atoms with E-state index in [-0.39, 0.29) is 24.4 Å². The molecule has 0 radical (unpaired) electrons. The lowest BCUT2D eigenvalue weighted by Crippen LogP contribution is -2.36. The molecule has 2 rings (SSSR count). The summed E-state index contributed by atoms with van der Waals surface area (Å²) in [5, 5.41) is 4.86. The Hall–Kier alpha value is -1.92. The Kier molecular flexibility index (Phi) is 5.91. The van der Waals surface area contributed by atoms with E-state index in [1.807, 2.05) is 31.6 Å². The fourth-order valence-corrected chi connectivity index (χ4v) is 2.91. The minimum atomic E-state index is -0.386. The van der Waals surface area contributed by atoms with Crippen LogP contribution in [0, 0.1) is 5.82 Å². The standard InChI is InChI=1S/C16H19FN2O2S/c1-19(2)14(15-7-4-8-22-15)10-18-16(20)11-21-13-6-3-5-12(17)9-13/h3-9,14H,10-11H2,1-2H3,(H,18,20). The first kappa shape index (κ1) is 16.5. The van der Waals surface area contributed by atoms with Crippen molar-refractivity contribution in [1.29, 1.82) is 0 Å². The smallest absolute Gasteiger partial charge is 0.258 e. The topological polar surface area (TPSA) is 41.6 Å². The van der Waals surface area contributed by atoms with Crippen LogP contribution >= 0.6 is 11.3 Å². The van der Waals surface area contributed by atoms with Gasteiger partial charge in [0.2, 0.25) is 0 Å². The number of likely N-dealkylation sites (N-methyl/N-ethyl adjacent to an activating group) is 1. The normalized spacial score (nSPS) is 12.2. The van der Waals surface area contributed by atoms with E-state index in [1.165, 1.54) is 17.0 Å². The molecule has 1 unspecified atom stereocenters. The van der Waals surface area contributed by atoms with E-state index in [4.69, 9.17) is 4.74 Å². The molecule has 0 fully saturated rings. The number of thiophene rings is 1. The molecule has 1 heterocycles. The third-order valence-electron chi connectivity index (χ3n) is 3.15. The first-order valence-electron chi connectivity index (χ1n) is 6.91. The monoisotopic (exact) mass is 322 g/mol. The Morgan fingerprint density at radius 2 is 2.18 bits per heavy atom. The Morgan fingerprint density at radius 1 is 1.36 bits per heavy atom. The summed E-state index contributed by atoms with van der Waals surface area (Å²) in [5.41, 5.74) is 0. The number of nitrogens with zero attached hydrogens (tertiary/aromatic N) is 1. The van der Waals surface area contributed by atoms with E-state index in [0.717, 1.165) is 0 Å². The molecule has 0 aliphatic carbocycles. The maximum Gasteiger partial charge on any atom is 0.258 e. The number of rotatable bonds is 7. The van der Waals surface area contributed by atoms with Crippen LogP contribution in [-0.2, 0) is 4.79 Å². The fourth-order valence-electron chi connectivity index (χ4n) is 1.99. The number of ether oxygens (including phenoxy) is 1. The fraction of sp³-hybridized carbons (Fsp3) is 0.312. The van der Waals surface area contributed by atoms with Gasteiger partial charge in [0.1, 0.15) is 11.6 Å². The molecule has 1 N–H and O–H groups in total. The minimum absolute atomic E-state index is 0.123. The van der Waals surface area contributed by atoms with Crippen molar-refractivity contribution in [3.63, 3.8) is 0 Å². The predicted octanol–water partition coefficient (Wildman–Crippen LogP) is 2.69. The average molecular weight is 322 g/mol.